The van der Waals surface area contributed by atoms with Gasteiger partial charge in [0.25, 0.3) is 15.0 Å². The maximum Gasteiger partial charge on any atom is 0.261 e. The fourth-order valence-corrected chi connectivity index (χ4v) is 3.22. The average molecular weight is 302 g/mol. The molecule has 19 heavy (non-hydrogen) atoms. The number of hydrogen-bond acceptors (Lipinski definition) is 3. The van der Waals surface area contributed by atoms with Crippen LogP contribution >= 0.6 is 10.7 Å². The van der Waals surface area contributed by atoms with E-state index in [2.05, 4.69) is 0 Å². The highest BCUT2D eigenvalue weighted by molar-refractivity contribution is 8.13. The average Bonchev–Trinajstić information content (AvgIpc) is 2.67. The van der Waals surface area contributed by atoms with Gasteiger partial charge in [0.15, 0.2) is 0 Å². The number of halogens is 1. The van der Waals surface area contributed by atoms with E-state index in [1.165, 1.54) is 18.2 Å². The Balaban J connectivity index is 2.35. The second-order valence-electron chi connectivity index (χ2n) is 5.34. The Morgan fingerprint density at radius 3 is 2.58 bits per heavy atom. The van der Waals surface area contributed by atoms with Crippen LogP contribution < -0.4 is 0 Å². The van der Waals surface area contributed by atoms with Crippen molar-refractivity contribution in [2.45, 2.75) is 37.1 Å². The summed E-state index contributed by atoms with van der Waals surface area (Å²) >= 11 is 0. The van der Waals surface area contributed by atoms with Gasteiger partial charge in [0, 0.05) is 28.3 Å². The Labute approximate surface area is 117 Å². The number of rotatable bonds is 2. The second kappa shape index (κ2) is 4.80. The molecule has 0 saturated carbocycles. The van der Waals surface area contributed by atoms with Crippen LogP contribution in [0.5, 0.6) is 0 Å². The van der Waals surface area contributed by atoms with E-state index in [0.29, 0.717) is 12.1 Å². The number of benzene rings is 1. The third-order valence-electron chi connectivity index (χ3n) is 3.51. The molecule has 1 amide bonds. The first-order chi connectivity index (χ1) is 8.72. The van der Waals surface area contributed by atoms with Gasteiger partial charge in [-0.15, -0.1) is 0 Å². The molecular weight excluding hydrogens is 286 g/mol. The molecule has 0 bridgehead atoms. The van der Waals surface area contributed by atoms with Crippen LogP contribution in [0.1, 0.15) is 37.0 Å². The Kier molecular flexibility index (Phi) is 3.62. The molecule has 0 radical (unpaired) electrons. The van der Waals surface area contributed by atoms with Gasteiger partial charge >= 0.3 is 0 Å². The third-order valence-corrected chi connectivity index (χ3v) is 4.86. The minimum Gasteiger partial charge on any atom is -0.334 e. The van der Waals surface area contributed by atoms with Crippen LogP contribution in [0.3, 0.4) is 0 Å². The standard InChI is InChI=1S/C13H16ClNO3S/c1-13(2)7-4-8-15(13)12(16)10-5-3-6-11(9-10)19(14,17)18/h3,5-6,9H,4,7-8H2,1-2H3. The van der Waals surface area contributed by atoms with Gasteiger partial charge in [0.1, 0.15) is 0 Å². The molecule has 0 aromatic heterocycles. The Hall–Kier alpha value is -1.07. The third kappa shape index (κ3) is 2.92. The number of likely N-dealkylation sites (tertiary alicyclic amines) is 1. The van der Waals surface area contributed by atoms with Gasteiger partial charge in [-0.1, -0.05) is 6.07 Å². The van der Waals surface area contributed by atoms with Crippen LogP contribution in [0.2, 0.25) is 0 Å². The first-order valence-electron chi connectivity index (χ1n) is 6.08. The van der Waals surface area contributed by atoms with Crippen molar-refractivity contribution in [1.82, 2.24) is 4.90 Å². The van der Waals surface area contributed by atoms with E-state index < -0.39 is 9.05 Å². The van der Waals surface area contributed by atoms with Crippen molar-refractivity contribution in [3.8, 4) is 0 Å². The van der Waals surface area contributed by atoms with Gasteiger partial charge in [0.2, 0.25) is 0 Å². The minimum absolute atomic E-state index is 0.0444. The molecule has 1 fully saturated rings. The van der Waals surface area contributed by atoms with Crippen LogP contribution in [-0.2, 0) is 9.05 Å². The van der Waals surface area contributed by atoms with Gasteiger partial charge < -0.3 is 4.90 Å². The van der Waals surface area contributed by atoms with Crippen molar-refractivity contribution in [3.63, 3.8) is 0 Å². The predicted octanol–water partition coefficient (Wildman–Crippen LogP) is 2.63. The monoisotopic (exact) mass is 301 g/mol. The molecular formula is C13H16ClNO3S. The summed E-state index contributed by atoms with van der Waals surface area (Å²) in [7, 11) is 1.49. The SMILES string of the molecule is CC1(C)CCCN1C(=O)c1cccc(S(=O)(=O)Cl)c1. The highest BCUT2D eigenvalue weighted by atomic mass is 35.7. The van der Waals surface area contributed by atoms with Gasteiger partial charge in [-0.25, -0.2) is 8.42 Å². The maximum atomic E-state index is 12.4. The molecule has 1 aromatic rings. The fourth-order valence-electron chi connectivity index (χ4n) is 2.42. The van der Waals surface area contributed by atoms with Crippen LogP contribution in [0.4, 0.5) is 0 Å². The van der Waals surface area contributed by atoms with Gasteiger partial charge in [-0.3, -0.25) is 4.79 Å². The fraction of sp³-hybridized carbons (Fsp3) is 0.462. The van der Waals surface area contributed by atoms with Crippen LogP contribution in [0.25, 0.3) is 0 Å². The largest absolute Gasteiger partial charge is 0.334 e. The number of carbonyl (C=O) groups is 1. The molecule has 1 aliphatic rings. The van der Waals surface area contributed by atoms with Crippen LogP contribution in [-0.4, -0.2) is 31.3 Å². The van der Waals surface area contributed by atoms with Crippen molar-refractivity contribution < 1.29 is 13.2 Å². The highest BCUT2D eigenvalue weighted by Gasteiger charge is 2.35. The summed E-state index contributed by atoms with van der Waals surface area (Å²) < 4.78 is 22.6. The maximum absolute atomic E-state index is 12.4. The molecule has 6 heteroatoms. The van der Waals surface area contributed by atoms with Crippen molar-refractivity contribution in [1.29, 1.82) is 0 Å². The van der Waals surface area contributed by atoms with E-state index in [-0.39, 0.29) is 16.3 Å². The molecule has 1 saturated heterocycles. The molecule has 0 unspecified atom stereocenters. The van der Waals surface area contributed by atoms with Crippen molar-refractivity contribution in [2.24, 2.45) is 0 Å². The Morgan fingerprint density at radius 2 is 2.05 bits per heavy atom. The summed E-state index contributed by atoms with van der Waals surface area (Å²) in [4.78, 5) is 14.2. The van der Waals surface area contributed by atoms with Gasteiger partial charge in [-0.2, -0.15) is 0 Å². The van der Waals surface area contributed by atoms with Crippen molar-refractivity contribution in [3.05, 3.63) is 29.8 Å². The Bertz CT molecular complexity index is 610. The van der Waals surface area contributed by atoms with E-state index in [1.54, 1.807) is 11.0 Å². The molecule has 4 nitrogen and oxygen atoms in total. The molecule has 0 spiro atoms. The second-order valence-corrected chi connectivity index (χ2v) is 7.90. The summed E-state index contributed by atoms with van der Waals surface area (Å²) in [6.07, 6.45) is 1.92. The van der Waals surface area contributed by atoms with E-state index in [0.717, 1.165) is 12.8 Å². The molecule has 1 aromatic carbocycles. The summed E-state index contributed by atoms with van der Waals surface area (Å²) in [6.45, 7) is 4.73. The van der Waals surface area contributed by atoms with E-state index >= 15 is 0 Å². The normalized spacial score (nSPS) is 18.6. The van der Waals surface area contributed by atoms with E-state index in [4.69, 9.17) is 10.7 Å². The molecule has 0 aliphatic carbocycles. The molecule has 1 heterocycles. The smallest absolute Gasteiger partial charge is 0.261 e. The predicted molar refractivity (Wildman–Crippen MR) is 73.8 cm³/mol. The zero-order valence-corrected chi connectivity index (χ0v) is 12.5. The number of carbonyl (C=O) groups excluding carboxylic acids is 1. The molecule has 2 rings (SSSR count). The number of amides is 1. The quantitative estimate of drug-likeness (QED) is 0.789. The summed E-state index contributed by atoms with van der Waals surface area (Å²) in [6, 6.07) is 5.86. The first-order valence-corrected chi connectivity index (χ1v) is 8.39. The zero-order chi connectivity index (χ0) is 14.3. The topological polar surface area (TPSA) is 54.5 Å². The van der Waals surface area contributed by atoms with Crippen molar-refractivity contribution in [2.75, 3.05) is 6.54 Å². The van der Waals surface area contributed by atoms with Gasteiger partial charge in [-0.05, 0) is 44.9 Å². The zero-order valence-electron chi connectivity index (χ0n) is 10.9. The molecule has 0 atom stereocenters. The van der Waals surface area contributed by atoms with E-state index in [1.807, 2.05) is 13.8 Å². The first kappa shape index (κ1) is 14.3. The highest BCUT2D eigenvalue weighted by Crippen LogP contribution is 2.30. The molecule has 104 valence electrons. The van der Waals surface area contributed by atoms with Crippen molar-refractivity contribution >= 4 is 25.6 Å². The number of nitrogens with zero attached hydrogens (tertiary/aromatic N) is 1. The molecule has 1 aliphatic heterocycles. The lowest BCUT2D eigenvalue weighted by atomic mass is 10.0. The van der Waals surface area contributed by atoms with Gasteiger partial charge in [0.05, 0.1) is 4.90 Å². The van der Waals surface area contributed by atoms with Crippen LogP contribution in [0.15, 0.2) is 29.2 Å². The molecule has 0 N–H and O–H groups in total. The lowest BCUT2D eigenvalue weighted by Gasteiger charge is -2.31. The summed E-state index contributed by atoms with van der Waals surface area (Å²) in [5.41, 5.74) is 0.170. The summed E-state index contributed by atoms with van der Waals surface area (Å²) in [5.74, 6) is -0.148. The summed E-state index contributed by atoms with van der Waals surface area (Å²) in [5, 5.41) is 0. The lowest BCUT2D eigenvalue weighted by molar-refractivity contribution is 0.0651. The van der Waals surface area contributed by atoms with Crippen LogP contribution in [0, 0.1) is 0 Å². The van der Waals surface area contributed by atoms with E-state index in [9.17, 15) is 13.2 Å². The lowest BCUT2D eigenvalue weighted by Crippen LogP contribution is -2.42. The minimum atomic E-state index is -3.81. The Morgan fingerprint density at radius 1 is 1.37 bits per heavy atom. The number of hydrogen-bond donors (Lipinski definition) is 0.